The summed E-state index contributed by atoms with van der Waals surface area (Å²) in [6, 6.07) is 6.21. The third-order valence-electron chi connectivity index (χ3n) is 3.24. The van der Waals surface area contributed by atoms with Gasteiger partial charge in [0, 0.05) is 18.3 Å². The number of hydrogen-bond donors (Lipinski definition) is 2. The monoisotopic (exact) mass is 345 g/mol. The molecule has 0 amide bonds. The molecule has 1 aliphatic heterocycles. The number of ketones is 1. The first-order valence-corrected chi connectivity index (χ1v) is 7.18. The van der Waals surface area contributed by atoms with Gasteiger partial charge in [-0.1, -0.05) is 0 Å². The molecular formula is C17H15NO7. The molecule has 1 aromatic carbocycles. The average molecular weight is 345 g/mol. The lowest BCUT2D eigenvalue weighted by Crippen LogP contribution is -2.29. The summed E-state index contributed by atoms with van der Waals surface area (Å²) < 4.78 is 9.39. The first-order valence-electron chi connectivity index (χ1n) is 7.18. The summed E-state index contributed by atoms with van der Waals surface area (Å²) in [5.74, 6) is -3.80. The maximum absolute atomic E-state index is 11.9. The topological polar surface area (TPSA) is 119 Å². The van der Waals surface area contributed by atoms with Crippen LogP contribution in [0.3, 0.4) is 0 Å². The van der Waals surface area contributed by atoms with Gasteiger partial charge in [0.05, 0.1) is 0 Å². The second-order valence-corrected chi connectivity index (χ2v) is 5.20. The van der Waals surface area contributed by atoms with E-state index in [-0.39, 0.29) is 11.3 Å². The van der Waals surface area contributed by atoms with Gasteiger partial charge >= 0.3 is 17.9 Å². The Morgan fingerprint density at radius 2 is 1.64 bits per heavy atom. The minimum Gasteiger partial charge on any atom is -0.506 e. The van der Waals surface area contributed by atoms with E-state index in [9.17, 15) is 24.3 Å². The molecular weight excluding hydrogens is 330 g/mol. The molecule has 8 nitrogen and oxygen atoms in total. The number of benzene rings is 1. The molecule has 0 saturated carbocycles. The molecule has 0 spiro atoms. The molecule has 1 aromatic rings. The van der Waals surface area contributed by atoms with Crippen molar-refractivity contribution in [1.82, 2.24) is 0 Å². The normalized spacial score (nSPS) is 16.3. The van der Waals surface area contributed by atoms with Gasteiger partial charge in [0.25, 0.3) is 0 Å². The van der Waals surface area contributed by atoms with Crippen molar-refractivity contribution in [2.24, 2.45) is 0 Å². The maximum Gasteiger partial charge on any atom is 0.353 e. The predicted molar refractivity (Wildman–Crippen MR) is 85.5 cm³/mol. The molecule has 25 heavy (non-hydrogen) atoms. The molecule has 130 valence electrons. The smallest absolute Gasteiger partial charge is 0.353 e. The highest BCUT2D eigenvalue weighted by Crippen LogP contribution is 2.26. The molecule has 8 heteroatoms. The first kappa shape index (κ1) is 17.9. The summed E-state index contributed by atoms with van der Waals surface area (Å²) in [6.07, 6.45) is 0. The fourth-order valence-electron chi connectivity index (χ4n) is 2.20. The third-order valence-corrected chi connectivity index (χ3v) is 3.24. The quantitative estimate of drug-likeness (QED) is 0.279. The van der Waals surface area contributed by atoms with Gasteiger partial charge in [0.1, 0.15) is 22.7 Å². The molecule has 0 atom stereocenters. The SMILES string of the molecule is CC(=O)Oc1ccc(NC(C)=C2C(=O)OC(=O)C(C(C)=O)=C2O)cc1. The fourth-order valence-corrected chi connectivity index (χ4v) is 2.20. The molecule has 0 saturated heterocycles. The van der Waals surface area contributed by atoms with E-state index in [2.05, 4.69) is 10.1 Å². The Morgan fingerprint density at radius 1 is 1.04 bits per heavy atom. The van der Waals surface area contributed by atoms with Crippen LogP contribution >= 0.6 is 0 Å². The highest BCUT2D eigenvalue weighted by molar-refractivity contribution is 6.23. The van der Waals surface area contributed by atoms with Gasteiger partial charge in [-0.3, -0.25) is 9.59 Å². The number of aliphatic hydroxyl groups excluding tert-OH is 1. The molecule has 0 fully saturated rings. The number of Topliss-reactive ketones (excluding diaryl/α,β-unsaturated/α-hetero) is 1. The van der Waals surface area contributed by atoms with Gasteiger partial charge in [-0.25, -0.2) is 9.59 Å². The Balaban J connectivity index is 2.35. The lowest BCUT2D eigenvalue weighted by molar-refractivity contribution is -0.155. The summed E-state index contributed by atoms with van der Waals surface area (Å²) in [7, 11) is 0. The van der Waals surface area contributed by atoms with Crippen molar-refractivity contribution in [2.75, 3.05) is 5.32 Å². The van der Waals surface area contributed by atoms with E-state index in [0.717, 1.165) is 6.92 Å². The number of esters is 3. The predicted octanol–water partition coefficient (Wildman–Crippen LogP) is 1.78. The van der Waals surface area contributed by atoms with E-state index in [4.69, 9.17) is 4.74 Å². The van der Waals surface area contributed by atoms with E-state index >= 15 is 0 Å². The van der Waals surface area contributed by atoms with Crippen LogP contribution in [0, 0.1) is 0 Å². The van der Waals surface area contributed by atoms with Crippen molar-refractivity contribution >= 4 is 29.4 Å². The Morgan fingerprint density at radius 3 is 2.16 bits per heavy atom. The highest BCUT2D eigenvalue weighted by Gasteiger charge is 2.36. The highest BCUT2D eigenvalue weighted by atomic mass is 16.6. The zero-order chi connectivity index (χ0) is 18.7. The first-order chi connectivity index (χ1) is 11.7. The molecule has 2 N–H and O–H groups in total. The summed E-state index contributed by atoms with van der Waals surface area (Å²) in [6.45, 7) is 3.83. The number of rotatable bonds is 4. The Labute approximate surface area is 142 Å². The summed E-state index contributed by atoms with van der Waals surface area (Å²) in [5, 5.41) is 13.0. The van der Waals surface area contributed by atoms with Crippen molar-refractivity contribution in [1.29, 1.82) is 0 Å². The molecule has 1 heterocycles. The number of anilines is 1. The van der Waals surface area contributed by atoms with Gasteiger partial charge in [-0.2, -0.15) is 0 Å². The van der Waals surface area contributed by atoms with E-state index in [1.165, 1.54) is 26.0 Å². The Kier molecular flexibility index (Phi) is 5.02. The van der Waals surface area contributed by atoms with Crippen LogP contribution in [0.25, 0.3) is 0 Å². The summed E-state index contributed by atoms with van der Waals surface area (Å²) in [4.78, 5) is 45.8. The number of allylic oxidation sites excluding steroid dienone is 1. The summed E-state index contributed by atoms with van der Waals surface area (Å²) >= 11 is 0. The minimum absolute atomic E-state index is 0.175. The van der Waals surface area contributed by atoms with Crippen LogP contribution in [-0.4, -0.2) is 28.8 Å². The second kappa shape index (κ2) is 7.00. The van der Waals surface area contributed by atoms with Crippen LogP contribution in [0.4, 0.5) is 5.69 Å². The number of aliphatic hydroxyl groups is 1. The van der Waals surface area contributed by atoms with Crippen LogP contribution in [0.5, 0.6) is 5.75 Å². The molecule has 0 radical (unpaired) electrons. The van der Waals surface area contributed by atoms with Crippen LogP contribution in [0.2, 0.25) is 0 Å². The number of hydrogen-bond acceptors (Lipinski definition) is 8. The Bertz CT molecular complexity index is 831. The summed E-state index contributed by atoms with van der Waals surface area (Å²) in [5.41, 5.74) is -0.202. The van der Waals surface area contributed by atoms with Gasteiger partial charge in [0.15, 0.2) is 5.78 Å². The zero-order valence-electron chi connectivity index (χ0n) is 13.7. The lowest BCUT2D eigenvalue weighted by atomic mass is 10.0. The van der Waals surface area contributed by atoms with E-state index in [1.54, 1.807) is 12.1 Å². The van der Waals surface area contributed by atoms with Crippen LogP contribution in [0.15, 0.2) is 46.9 Å². The minimum atomic E-state index is -1.18. The molecule has 0 bridgehead atoms. The van der Waals surface area contributed by atoms with E-state index in [1.807, 2.05) is 0 Å². The van der Waals surface area contributed by atoms with Crippen molar-refractivity contribution in [2.45, 2.75) is 20.8 Å². The number of ether oxygens (including phenoxy) is 2. The van der Waals surface area contributed by atoms with E-state index in [0.29, 0.717) is 11.4 Å². The third kappa shape index (κ3) is 3.92. The number of carbonyl (C=O) groups is 4. The molecule has 0 aromatic heterocycles. The van der Waals surface area contributed by atoms with Crippen molar-refractivity contribution in [3.8, 4) is 5.75 Å². The van der Waals surface area contributed by atoms with E-state index < -0.39 is 35.0 Å². The molecule has 0 unspecified atom stereocenters. The second-order valence-electron chi connectivity index (χ2n) is 5.20. The van der Waals surface area contributed by atoms with Crippen LogP contribution in [0.1, 0.15) is 20.8 Å². The van der Waals surface area contributed by atoms with Crippen molar-refractivity contribution in [3.05, 3.63) is 46.9 Å². The van der Waals surface area contributed by atoms with Gasteiger partial charge in [-0.15, -0.1) is 0 Å². The lowest BCUT2D eigenvalue weighted by Gasteiger charge is -2.18. The van der Waals surface area contributed by atoms with Gasteiger partial charge < -0.3 is 19.9 Å². The molecule has 0 aliphatic carbocycles. The van der Waals surface area contributed by atoms with Gasteiger partial charge in [0.2, 0.25) is 0 Å². The zero-order valence-corrected chi connectivity index (χ0v) is 13.7. The average Bonchev–Trinajstić information content (AvgIpc) is 2.47. The molecule has 1 aliphatic rings. The largest absolute Gasteiger partial charge is 0.506 e. The number of nitrogens with one attached hydrogen (secondary N) is 1. The standard InChI is InChI=1S/C17H15NO7/c1-8(18-11-4-6-12(7-5-11)24-10(3)20)13-15(21)14(9(2)19)17(23)25-16(13)22/h4-7,18,21H,1-3H3. The van der Waals surface area contributed by atoms with Crippen molar-refractivity contribution < 1.29 is 33.8 Å². The molecule has 2 rings (SSSR count). The maximum atomic E-state index is 11.9. The Hall–Kier alpha value is -3.42. The van der Waals surface area contributed by atoms with Gasteiger partial charge in [-0.05, 0) is 38.1 Å². The van der Waals surface area contributed by atoms with Crippen LogP contribution in [-0.2, 0) is 23.9 Å². The number of carbonyl (C=O) groups excluding carboxylic acids is 4. The fraction of sp³-hybridized carbons (Fsp3) is 0.176. The van der Waals surface area contributed by atoms with Crippen molar-refractivity contribution in [3.63, 3.8) is 0 Å². The number of cyclic esters (lactones) is 2. The van der Waals surface area contributed by atoms with Crippen LogP contribution < -0.4 is 10.1 Å².